The first kappa shape index (κ1) is 16.0. The van der Waals surface area contributed by atoms with E-state index < -0.39 is 0 Å². The number of aromatic nitrogens is 2. The fraction of sp³-hybridized carbons (Fsp3) is 0.0435. The maximum atomic E-state index is 6.39. The van der Waals surface area contributed by atoms with Gasteiger partial charge in [0, 0.05) is 39.9 Å². The van der Waals surface area contributed by atoms with Gasteiger partial charge in [-0.15, -0.1) is 0 Å². The number of benzene rings is 3. The molecule has 0 fully saturated rings. The molecule has 0 atom stereocenters. The molecule has 130 valence electrons. The first-order valence-electron chi connectivity index (χ1n) is 8.79. The van der Waals surface area contributed by atoms with Gasteiger partial charge in [-0.25, -0.2) is 0 Å². The third-order valence-corrected chi connectivity index (χ3v) is 5.21. The lowest BCUT2D eigenvalue weighted by atomic mass is 10.0. The molecule has 0 unspecified atom stereocenters. The highest BCUT2D eigenvalue weighted by Crippen LogP contribution is 2.35. The summed E-state index contributed by atoms with van der Waals surface area (Å²) in [5.74, 6) is 0. The van der Waals surface area contributed by atoms with Gasteiger partial charge in [-0.3, -0.25) is 9.97 Å². The van der Waals surface area contributed by atoms with Crippen LogP contribution in [-0.4, -0.2) is 9.97 Å². The maximum absolute atomic E-state index is 6.39. The maximum Gasteiger partial charge on any atom is 0.0823 e. The zero-order valence-electron chi connectivity index (χ0n) is 14.7. The molecule has 27 heavy (non-hydrogen) atoms. The van der Waals surface area contributed by atoms with Gasteiger partial charge in [0.2, 0.25) is 0 Å². The molecule has 2 heterocycles. The lowest BCUT2D eigenvalue weighted by Crippen LogP contribution is -1.94. The molecule has 0 spiro atoms. The second kappa shape index (κ2) is 6.22. The normalized spacial score (nSPS) is 11.3. The highest BCUT2D eigenvalue weighted by molar-refractivity contribution is 6.36. The van der Waals surface area contributed by atoms with Gasteiger partial charge in [0.25, 0.3) is 0 Å². The summed E-state index contributed by atoms with van der Waals surface area (Å²) in [4.78, 5) is 9.28. The Labute approximate surface area is 161 Å². The third kappa shape index (κ3) is 2.68. The first-order valence-corrected chi connectivity index (χ1v) is 9.17. The lowest BCUT2D eigenvalue weighted by Gasteiger charge is -2.12. The summed E-state index contributed by atoms with van der Waals surface area (Å²) in [6, 6.07) is 20.5. The van der Waals surface area contributed by atoms with Crippen LogP contribution in [0.5, 0.6) is 0 Å². The average molecular weight is 370 g/mol. The average Bonchev–Trinajstić information content (AvgIpc) is 2.69. The van der Waals surface area contributed by atoms with Crippen molar-refractivity contribution in [2.75, 3.05) is 5.32 Å². The Kier molecular flexibility index (Phi) is 3.69. The molecule has 4 heteroatoms. The number of hydrogen-bond donors (Lipinski definition) is 1. The second-order valence-electron chi connectivity index (χ2n) is 6.66. The molecule has 0 bridgehead atoms. The standard InChI is InChI=1S/C23H16ClN3/c1-14-2-6-16(7-3-14)27-20-11-13-26-23-18(20)9-5-15-4-8-17-19(24)10-12-25-22(17)21(15)23/h2-13H,1H3,(H,26,27). The van der Waals surface area contributed by atoms with Crippen LogP contribution in [0.15, 0.2) is 73.1 Å². The van der Waals surface area contributed by atoms with Gasteiger partial charge >= 0.3 is 0 Å². The van der Waals surface area contributed by atoms with Gasteiger partial charge < -0.3 is 5.32 Å². The van der Waals surface area contributed by atoms with Crippen LogP contribution in [0.1, 0.15) is 5.56 Å². The van der Waals surface area contributed by atoms with Crippen LogP contribution in [0.25, 0.3) is 32.6 Å². The zero-order chi connectivity index (χ0) is 18.4. The number of pyridine rings is 2. The van der Waals surface area contributed by atoms with Crippen molar-refractivity contribution in [3.8, 4) is 0 Å². The Morgan fingerprint density at radius 2 is 1.41 bits per heavy atom. The van der Waals surface area contributed by atoms with Gasteiger partial charge in [0.15, 0.2) is 0 Å². The van der Waals surface area contributed by atoms with Crippen LogP contribution >= 0.6 is 11.6 Å². The largest absolute Gasteiger partial charge is 0.355 e. The molecule has 5 rings (SSSR count). The van der Waals surface area contributed by atoms with E-state index in [1.165, 1.54) is 5.56 Å². The lowest BCUT2D eigenvalue weighted by molar-refractivity contribution is 1.40. The van der Waals surface area contributed by atoms with Crippen LogP contribution in [0.4, 0.5) is 11.4 Å². The Hall–Kier alpha value is -3.17. The summed E-state index contributed by atoms with van der Waals surface area (Å²) in [6.07, 6.45) is 3.58. The summed E-state index contributed by atoms with van der Waals surface area (Å²) >= 11 is 6.39. The van der Waals surface area contributed by atoms with Crippen molar-refractivity contribution < 1.29 is 0 Å². The van der Waals surface area contributed by atoms with Crippen LogP contribution in [-0.2, 0) is 0 Å². The molecular weight excluding hydrogens is 354 g/mol. The fourth-order valence-corrected chi connectivity index (χ4v) is 3.71. The third-order valence-electron chi connectivity index (χ3n) is 4.88. The number of halogens is 1. The SMILES string of the molecule is Cc1ccc(Nc2ccnc3c2ccc2ccc4c(Cl)ccnc4c23)cc1. The molecule has 0 saturated carbocycles. The Morgan fingerprint density at radius 3 is 2.19 bits per heavy atom. The van der Waals surface area contributed by atoms with E-state index in [2.05, 4.69) is 64.7 Å². The van der Waals surface area contributed by atoms with E-state index in [0.29, 0.717) is 5.02 Å². The zero-order valence-corrected chi connectivity index (χ0v) is 15.5. The van der Waals surface area contributed by atoms with Crippen LogP contribution < -0.4 is 5.32 Å². The monoisotopic (exact) mass is 369 g/mol. The number of rotatable bonds is 2. The second-order valence-corrected chi connectivity index (χ2v) is 7.07. The minimum atomic E-state index is 0.702. The molecule has 0 aliphatic carbocycles. The van der Waals surface area contributed by atoms with E-state index in [0.717, 1.165) is 44.0 Å². The van der Waals surface area contributed by atoms with Gasteiger partial charge in [0.1, 0.15) is 0 Å². The molecule has 0 aliphatic heterocycles. The van der Waals surface area contributed by atoms with E-state index in [1.54, 1.807) is 6.20 Å². The van der Waals surface area contributed by atoms with Gasteiger partial charge in [-0.2, -0.15) is 0 Å². The van der Waals surface area contributed by atoms with Gasteiger partial charge in [-0.1, -0.05) is 53.6 Å². The van der Waals surface area contributed by atoms with Crippen molar-refractivity contribution in [1.82, 2.24) is 9.97 Å². The smallest absolute Gasteiger partial charge is 0.0823 e. The number of nitrogens with one attached hydrogen (secondary N) is 1. The fourth-order valence-electron chi connectivity index (χ4n) is 3.50. The van der Waals surface area contributed by atoms with Gasteiger partial charge in [-0.05, 0) is 36.6 Å². The molecule has 5 aromatic rings. The van der Waals surface area contributed by atoms with E-state index in [4.69, 9.17) is 11.6 Å². The van der Waals surface area contributed by atoms with Crippen molar-refractivity contribution in [2.24, 2.45) is 0 Å². The number of aryl methyl sites for hydroxylation is 1. The van der Waals surface area contributed by atoms with E-state index >= 15 is 0 Å². The van der Waals surface area contributed by atoms with E-state index in [9.17, 15) is 0 Å². The van der Waals surface area contributed by atoms with Crippen molar-refractivity contribution in [1.29, 1.82) is 0 Å². The highest BCUT2D eigenvalue weighted by Gasteiger charge is 2.11. The molecule has 0 radical (unpaired) electrons. The van der Waals surface area contributed by atoms with Crippen LogP contribution in [0, 0.1) is 6.92 Å². The van der Waals surface area contributed by atoms with Gasteiger partial charge in [0.05, 0.1) is 16.1 Å². The Balaban J connectivity index is 1.79. The number of fused-ring (bicyclic) bond motifs is 5. The Morgan fingerprint density at radius 1 is 0.741 bits per heavy atom. The molecular formula is C23H16ClN3. The predicted octanol–water partition coefficient (Wildman–Crippen LogP) is 6.64. The molecule has 1 N–H and O–H groups in total. The summed E-state index contributed by atoms with van der Waals surface area (Å²) in [5, 5.41) is 8.34. The molecule has 3 nitrogen and oxygen atoms in total. The summed E-state index contributed by atoms with van der Waals surface area (Å²) in [5.41, 5.74) is 5.10. The Bertz CT molecular complexity index is 1310. The van der Waals surface area contributed by atoms with Crippen molar-refractivity contribution in [3.63, 3.8) is 0 Å². The minimum Gasteiger partial charge on any atom is -0.355 e. The van der Waals surface area contributed by atoms with Crippen molar-refractivity contribution in [2.45, 2.75) is 6.92 Å². The molecule has 2 aromatic heterocycles. The molecule has 3 aromatic carbocycles. The van der Waals surface area contributed by atoms with Crippen LogP contribution in [0.3, 0.4) is 0 Å². The molecule has 0 amide bonds. The predicted molar refractivity (Wildman–Crippen MR) is 114 cm³/mol. The number of anilines is 2. The topological polar surface area (TPSA) is 37.8 Å². The van der Waals surface area contributed by atoms with Crippen molar-refractivity contribution >= 4 is 55.6 Å². The number of nitrogens with zero attached hydrogens (tertiary/aromatic N) is 2. The minimum absolute atomic E-state index is 0.702. The van der Waals surface area contributed by atoms with E-state index in [-0.39, 0.29) is 0 Å². The highest BCUT2D eigenvalue weighted by atomic mass is 35.5. The number of hydrogen-bond acceptors (Lipinski definition) is 3. The molecule has 0 aliphatic rings. The summed E-state index contributed by atoms with van der Waals surface area (Å²) in [6.45, 7) is 2.08. The molecule has 0 saturated heterocycles. The van der Waals surface area contributed by atoms with Crippen LogP contribution in [0.2, 0.25) is 5.02 Å². The van der Waals surface area contributed by atoms with Crippen molar-refractivity contribution in [3.05, 3.63) is 83.6 Å². The first-order chi connectivity index (χ1) is 13.2. The quantitative estimate of drug-likeness (QED) is 0.354. The summed E-state index contributed by atoms with van der Waals surface area (Å²) in [7, 11) is 0. The summed E-state index contributed by atoms with van der Waals surface area (Å²) < 4.78 is 0. The van der Waals surface area contributed by atoms with E-state index in [1.807, 2.05) is 24.4 Å².